The first-order valence-electron chi connectivity index (χ1n) is 9.59. The smallest absolute Gasteiger partial charge is 0.0408 e. The Labute approximate surface area is 170 Å². The van der Waals surface area contributed by atoms with Gasteiger partial charge in [-0.3, -0.25) is 0 Å². The van der Waals surface area contributed by atoms with Gasteiger partial charge in [0.25, 0.3) is 0 Å². The number of benzene rings is 1. The summed E-state index contributed by atoms with van der Waals surface area (Å²) in [6.07, 6.45) is 13.2. The summed E-state index contributed by atoms with van der Waals surface area (Å²) < 4.78 is 0. The Bertz CT molecular complexity index is 885. The van der Waals surface area contributed by atoms with E-state index in [1.54, 1.807) is 0 Å². The van der Waals surface area contributed by atoms with Crippen molar-refractivity contribution in [2.24, 2.45) is 0 Å². The highest BCUT2D eigenvalue weighted by atomic mass is 15.1. The van der Waals surface area contributed by atoms with Gasteiger partial charge in [-0.1, -0.05) is 74.9 Å². The van der Waals surface area contributed by atoms with Gasteiger partial charge in [0.15, 0.2) is 0 Å². The minimum atomic E-state index is 0.893. The number of anilines is 1. The van der Waals surface area contributed by atoms with E-state index in [1.165, 1.54) is 11.1 Å². The molecule has 28 heavy (non-hydrogen) atoms. The second-order valence-electron chi connectivity index (χ2n) is 7.31. The van der Waals surface area contributed by atoms with E-state index in [0.29, 0.717) is 0 Å². The number of aryl methyl sites for hydroxylation is 1. The average Bonchev–Trinajstić information content (AvgIpc) is 2.68. The zero-order valence-electron chi connectivity index (χ0n) is 17.3. The van der Waals surface area contributed by atoms with Gasteiger partial charge < -0.3 is 4.90 Å². The first-order valence-corrected chi connectivity index (χ1v) is 9.59. The quantitative estimate of drug-likeness (QED) is 0.453. The molecule has 1 fully saturated rings. The Balaban J connectivity index is 1.94. The summed E-state index contributed by atoms with van der Waals surface area (Å²) in [7, 11) is 2.01. The lowest BCUT2D eigenvalue weighted by atomic mass is 9.86. The van der Waals surface area contributed by atoms with Crippen molar-refractivity contribution < 1.29 is 0 Å². The molecule has 0 spiro atoms. The van der Waals surface area contributed by atoms with Gasteiger partial charge >= 0.3 is 0 Å². The van der Waals surface area contributed by atoms with Gasteiger partial charge in [0.05, 0.1) is 0 Å². The maximum Gasteiger partial charge on any atom is 0.0408 e. The van der Waals surface area contributed by atoms with Crippen LogP contribution < -0.4 is 4.90 Å². The molecule has 0 aromatic heterocycles. The molecule has 0 bridgehead atoms. The Morgan fingerprint density at radius 1 is 0.893 bits per heavy atom. The maximum absolute atomic E-state index is 4.14. The van der Waals surface area contributed by atoms with E-state index >= 15 is 0 Å². The Morgan fingerprint density at radius 2 is 1.50 bits per heavy atom. The van der Waals surface area contributed by atoms with Crippen molar-refractivity contribution in [3.63, 3.8) is 0 Å². The molecule has 2 rings (SSSR count). The molecule has 1 aromatic carbocycles. The average molecular weight is 370 g/mol. The summed E-state index contributed by atoms with van der Waals surface area (Å²) >= 11 is 0. The molecule has 0 radical (unpaired) electrons. The molecule has 1 aliphatic rings. The first-order chi connectivity index (χ1) is 13.3. The van der Waals surface area contributed by atoms with Crippen molar-refractivity contribution in [3.8, 4) is 0 Å². The number of nitrogens with zero attached hydrogens (tertiary/aromatic N) is 1. The number of hydrogen-bond acceptors (Lipinski definition) is 1. The fourth-order valence-corrected chi connectivity index (χ4v) is 2.97. The molecule has 0 saturated heterocycles. The van der Waals surface area contributed by atoms with E-state index in [9.17, 15) is 0 Å². The number of allylic oxidation sites excluding steroid dienone is 10. The van der Waals surface area contributed by atoms with E-state index in [4.69, 9.17) is 0 Å². The van der Waals surface area contributed by atoms with Crippen LogP contribution in [0.1, 0.15) is 24.8 Å². The summed E-state index contributed by atoms with van der Waals surface area (Å²) in [5.41, 5.74) is 8.52. The van der Waals surface area contributed by atoms with Crippen LogP contribution in [-0.4, -0.2) is 7.05 Å². The van der Waals surface area contributed by atoms with Gasteiger partial charge in [-0.15, -0.1) is 0 Å². The van der Waals surface area contributed by atoms with Gasteiger partial charge in [-0.25, -0.2) is 0 Å². The van der Waals surface area contributed by atoms with E-state index in [2.05, 4.69) is 75.1 Å². The molecule has 1 aromatic rings. The third kappa shape index (κ3) is 5.99. The molecule has 0 unspecified atom stereocenters. The van der Waals surface area contributed by atoms with E-state index in [-0.39, 0.29) is 0 Å². The molecule has 1 saturated carbocycles. The number of rotatable bonds is 7. The summed E-state index contributed by atoms with van der Waals surface area (Å²) in [4.78, 5) is 2.05. The van der Waals surface area contributed by atoms with Crippen molar-refractivity contribution >= 4 is 5.69 Å². The second kappa shape index (κ2) is 9.75. The molecule has 0 heterocycles. The third-order valence-electron chi connectivity index (χ3n) is 4.95. The summed E-state index contributed by atoms with van der Waals surface area (Å²) in [6.45, 7) is 22.7. The minimum absolute atomic E-state index is 0.893. The summed E-state index contributed by atoms with van der Waals surface area (Å²) in [5, 5.41) is 0. The fraction of sp³-hybridized carbons (Fsp3) is 0.185. The van der Waals surface area contributed by atoms with Gasteiger partial charge in [0.1, 0.15) is 0 Å². The number of likely N-dealkylation sites (N-methyl/N-ethyl adjacent to an activating group) is 1. The van der Waals surface area contributed by atoms with Crippen LogP contribution in [0.5, 0.6) is 0 Å². The second-order valence-corrected chi connectivity index (χ2v) is 7.31. The SMILES string of the molecule is C=C(C=CC(=C)/C=C1/CCCC(=C)C1=C)/C=C\C(=C)N(C)c1ccc(C)cc1. The Hall–Kier alpha value is -3.06. The summed E-state index contributed by atoms with van der Waals surface area (Å²) in [5.74, 6) is 0. The van der Waals surface area contributed by atoms with Crippen LogP contribution >= 0.6 is 0 Å². The van der Waals surface area contributed by atoms with Crippen molar-refractivity contribution in [2.45, 2.75) is 26.2 Å². The first kappa shape index (κ1) is 21.2. The van der Waals surface area contributed by atoms with Gasteiger partial charge in [0, 0.05) is 18.4 Å². The third-order valence-corrected chi connectivity index (χ3v) is 4.95. The highest BCUT2D eigenvalue weighted by molar-refractivity contribution is 5.54. The predicted molar refractivity (Wildman–Crippen MR) is 125 cm³/mol. The van der Waals surface area contributed by atoms with Crippen LogP contribution in [0.2, 0.25) is 0 Å². The lowest BCUT2D eigenvalue weighted by molar-refractivity contribution is 0.776. The Kier molecular flexibility index (Phi) is 7.40. The molecule has 0 N–H and O–H groups in total. The normalized spacial score (nSPS) is 16.1. The van der Waals surface area contributed by atoms with Gasteiger partial charge in [0.2, 0.25) is 0 Å². The van der Waals surface area contributed by atoms with Crippen LogP contribution in [0, 0.1) is 6.92 Å². The monoisotopic (exact) mass is 369 g/mol. The minimum Gasteiger partial charge on any atom is -0.345 e. The lowest BCUT2D eigenvalue weighted by Crippen LogP contribution is -2.13. The lowest BCUT2D eigenvalue weighted by Gasteiger charge is -2.19. The van der Waals surface area contributed by atoms with E-state index < -0.39 is 0 Å². The molecule has 0 amide bonds. The van der Waals surface area contributed by atoms with Crippen molar-refractivity contribution in [3.05, 3.63) is 127 Å². The molecule has 1 aliphatic carbocycles. The number of hydrogen-bond donors (Lipinski definition) is 0. The van der Waals surface area contributed by atoms with E-state index in [1.807, 2.05) is 31.4 Å². The predicted octanol–water partition coefficient (Wildman–Crippen LogP) is 7.39. The van der Waals surface area contributed by atoms with Crippen molar-refractivity contribution in [1.29, 1.82) is 0 Å². The van der Waals surface area contributed by atoms with Crippen LogP contribution in [0.3, 0.4) is 0 Å². The maximum atomic E-state index is 4.14. The highest BCUT2D eigenvalue weighted by Crippen LogP contribution is 2.31. The van der Waals surface area contributed by atoms with Gasteiger partial charge in [-0.05, 0) is 72.3 Å². The largest absolute Gasteiger partial charge is 0.345 e. The molecular formula is C27H31N. The van der Waals surface area contributed by atoms with Crippen molar-refractivity contribution in [2.75, 3.05) is 11.9 Å². The van der Waals surface area contributed by atoms with Crippen LogP contribution in [0.25, 0.3) is 0 Å². The van der Waals surface area contributed by atoms with E-state index in [0.717, 1.165) is 52.9 Å². The van der Waals surface area contributed by atoms with Crippen LogP contribution in [0.4, 0.5) is 5.69 Å². The molecule has 0 aliphatic heterocycles. The molecule has 1 heteroatoms. The Morgan fingerprint density at radius 3 is 2.18 bits per heavy atom. The van der Waals surface area contributed by atoms with Gasteiger partial charge in [-0.2, -0.15) is 0 Å². The molecule has 1 nitrogen and oxygen atoms in total. The molecule has 0 atom stereocenters. The topological polar surface area (TPSA) is 3.24 Å². The molecular weight excluding hydrogens is 338 g/mol. The van der Waals surface area contributed by atoms with Crippen molar-refractivity contribution in [1.82, 2.24) is 0 Å². The zero-order chi connectivity index (χ0) is 20.7. The highest BCUT2D eigenvalue weighted by Gasteiger charge is 2.12. The zero-order valence-corrected chi connectivity index (χ0v) is 17.3. The molecule has 144 valence electrons. The standard InChI is InChI=1S/C27H31N/c1-20(11-12-22(3)19-26-10-8-9-23(4)25(26)6)13-16-24(5)28(7)27-17-14-21(2)15-18-27/h11-19H,1,3-6,8-10H2,2,7H3/b12-11?,16-13-,26-19-. The van der Waals surface area contributed by atoms with Crippen LogP contribution in [-0.2, 0) is 0 Å². The summed E-state index contributed by atoms with van der Waals surface area (Å²) in [6, 6.07) is 8.38. The van der Waals surface area contributed by atoms with Crippen LogP contribution in [0.15, 0.2) is 121 Å². The fourth-order valence-electron chi connectivity index (χ4n) is 2.97.